The molecule has 0 aromatic carbocycles. The first-order valence-electron chi connectivity index (χ1n) is 5.51. The van der Waals surface area contributed by atoms with E-state index in [4.69, 9.17) is 0 Å². The fourth-order valence-electron chi connectivity index (χ4n) is 2.53. The Morgan fingerprint density at radius 3 is 2.94 bits per heavy atom. The number of allylic oxidation sites excluding steroid dienone is 1. The minimum atomic E-state index is 0.107. The van der Waals surface area contributed by atoms with Crippen molar-refractivity contribution in [3.63, 3.8) is 0 Å². The van der Waals surface area contributed by atoms with Crippen LogP contribution in [0, 0.1) is 6.92 Å². The SMILES string of the molecule is C=C1CCc2c(C)c3ccccn3c2C1=O. The summed E-state index contributed by atoms with van der Waals surface area (Å²) in [4.78, 5) is 12.1. The molecule has 2 aromatic heterocycles. The molecule has 0 radical (unpaired) electrons. The van der Waals surface area contributed by atoms with Gasteiger partial charge in [-0.25, -0.2) is 0 Å². The van der Waals surface area contributed by atoms with Gasteiger partial charge in [0.25, 0.3) is 0 Å². The van der Waals surface area contributed by atoms with Gasteiger partial charge in [0.2, 0.25) is 5.78 Å². The van der Waals surface area contributed by atoms with Gasteiger partial charge in [-0.15, -0.1) is 0 Å². The van der Waals surface area contributed by atoms with E-state index in [9.17, 15) is 4.79 Å². The Bertz CT molecular complexity index is 619. The predicted octanol–water partition coefficient (Wildman–Crippen LogP) is 2.93. The maximum absolute atomic E-state index is 12.1. The van der Waals surface area contributed by atoms with Crippen LogP contribution in [0.3, 0.4) is 0 Å². The van der Waals surface area contributed by atoms with Crippen LogP contribution in [0.15, 0.2) is 36.5 Å². The smallest absolute Gasteiger partial charge is 0.205 e. The predicted molar refractivity (Wildman–Crippen MR) is 63.9 cm³/mol. The van der Waals surface area contributed by atoms with Gasteiger partial charge >= 0.3 is 0 Å². The van der Waals surface area contributed by atoms with Gasteiger partial charge in [0.05, 0.1) is 5.69 Å². The highest BCUT2D eigenvalue weighted by molar-refractivity contribution is 6.10. The number of fused-ring (bicyclic) bond motifs is 3. The molecule has 0 unspecified atom stereocenters. The van der Waals surface area contributed by atoms with Crippen LogP contribution < -0.4 is 0 Å². The van der Waals surface area contributed by atoms with E-state index in [0.717, 1.165) is 29.6 Å². The summed E-state index contributed by atoms with van der Waals surface area (Å²) in [5.74, 6) is 0.107. The molecule has 0 saturated carbocycles. The van der Waals surface area contributed by atoms with Crippen LogP contribution in [0.25, 0.3) is 5.52 Å². The molecular formula is C14H13NO. The third-order valence-electron chi connectivity index (χ3n) is 3.44. The van der Waals surface area contributed by atoms with Gasteiger partial charge in [-0.05, 0) is 48.6 Å². The van der Waals surface area contributed by atoms with Crippen LogP contribution >= 0.6 is 0 Å². The van der Waals surface area contributed by atoms with Crippen molar-refractivity contribution >= 4 is 11.3 Å². The van der Waals surface area contributed by atoms with Crippen LogP contribution in [0.2, 0.25) is 0 Å². The minimum Gasteiger partial charge on any atom is -0.313 e. The average Bonchev–Trinajstić information content (AvgIpc) is 2.59. The van der Waals surface area contributed by atoms with Crippen molar-refractivity contribution in [2.45, 2.75) is 19.8 Å². The molecule has 2 nitrogen and oxygen atoms in total. The number of ketones is 1. The third-order valence-corrected chi connectivity index (χ3v) is 3.44. The summed E-state index contributed by atoms with van der Waals surface area (Å²) in [6, 6.07) is 6.02. The van der Waals surface area contributed by atoms with Gasteiger partial charge in [-0.3, -0.25) is 4.79 Å². The lowest BCUT2D eigenvalue weighted by Gasteiger charge is -2.13. The fraction of sp³-hybridized carbons (Fsp3) is 0.214. The summed E-state index contributed by atoms with van der Waals surface area (Å²) in [5.41, 5.74) is 5.12. The van der Waals surface area contributed by atoms with E-state index in [1.165, 1.54) is 11.1 Å². The zero-order valence-electron chi connectivity index (χ0n) is 9.29. The molecule has 2 aromatic rings. The molecule has 1 aliphatic carbocycles. The second-order valence-electron chi connectivity index (χ2n) is 4.34. The van der Waals surface area contributed by atoms with Gasteiger partial charge in [0.15, 0.2) is 0 Å². The summed E-state index contributed by atoms with van der Waals surface area (Å²) in [7, 11) is 0. The van der Waals surface area contributed by atoms with Gasteiger partial charge < -0.3 is 4.40 Å². The maximum Gasteiger partial charge on any atom is 0.205 e. The lowest BCUT2D eigenvalue weighted by molar-refractivity contribution is 0.102. The molecular weight excluding hydrogens is 198 g/mol. The molecule has 3 rings (SSSR count). The van der Waals surface area contributed by atoms with E-state index in [-0.39, 0.29) is 5.78 Å². The molecule has 0 atom stereocenters. The van der Waals surface area contributed by atoms with E-state index in [1.807, 2.05) is 22.7 Å². The largest absolute Gasteiger partial charge is 0.313 e. The maximum atomic E-state index is 12.1. The second kappa shape index (κ2) is 3.08. The Labute approximate surface area is 94.2 Å². The summed E-state index contributed by atoms with van der Waals surface area (Å²) in [5, 5.41) is 0. The zero-order valence-corrected chi connectivity index (χ0v) is 9.29. The van der Waals surface area contributed by atoms with E-state index in [2.05, 4.69) is 19.6 Å². The molecule has 2 heteroatoms. The number of pyridine rings is 1. The van der Waals surface area contributed by atoms with E-state index in [0.29, 0.717) is 0 Å². The van der Waals surface area contributed by atoms with Gasteiger partial charge in [0, 0.05) is 11.7 Å². The highest BCUT2D eigenvalue weighted by Gasteiger charge is 2.26. The quantitative estimate of drug-likeness (QED) is 0.614. The van der Waals surface area contributed by atoms with Crippen molar-refractivity contribution in [3.8, 4) is 0 Å². The lowest BCUT2D eigenvalue weighted by atomic mass is 9.91. The number of rotatable bonds is 0. The monoisotopic (exact) mass is 211 g/mol. The number of carbonyl (C=O) groups is 1. The van der Waals surface area contributed by atoms with Crippen molar-refractivity contribution in [2.75, 3.05) is 0 Å². The Kier molecular flexibility index (Phi) is 1.81. The second-order valence-corrected chi connectivity index (χ2v) is 4.34. The summed E-state index contributed by atoms with van der Waals surface area (Å²) in [6.45, 7) is 5.94. The normalized spacial score (nSPS) is 15.6. The van der Waals surface area contributed by atoms with Crippen molar-refractivity contribution in [3.05, 3.63) is 53.4 Å². The molecule has 0 bridgehead atoms. The van der Waals surface area contributed by atoms with Gasteiger partial charge in [-0.1, -0.05) is 12.6 Å². The van der Waals surface area contributed by atoms with Crippen molar-refractivity contribution in [1.29, 1.82) is 0 Å². The van der Waals surface area contributed by atoms with E-state index in [1.54, 1.807) is 0 Å². The lowest BCUT2D eigenvalue weighted by Crippen LogP contribution is -2.14. The topological polar surface area (TPSA) is 21.5 Å². The first-order valence-corrected chi connectivity index (χ1v) is 5.51. The van der Waals surface area contributed by atoms with Gasteiger partial charge in [0.1, 0.15) is 0 Å². The molecule has 0 N–H and O–H groups in total. The van der Waals surface area contributed by atoms with Crippen LogP contribution in [0.4, 0.5) is 0 Å². The number of aryl methyl sites for hydroxylation is 1. The molecule has 1 aliphatic rings. The number of nitrogens with zero attached hydrogens (tertiary/aromatic N) is 1. The minimum absolute atomic E-state index is 0.107. The van der Waals surface area contributed by atoms with Crippen molar-refractivity contribution in [2.24, 2.45) is 0 Å². The fourth-order valence-corrected chi connectivity index (χ4v) is 2.53. The Hall–Kier alpha value is -1.83. The molecule has 0 amide bonds. The molecule has 0 saturated heterocycles. The summed E-state index contributed by atoms with van der Waals surface area (Å²) < 4.78 is 2.00. The number of aromatic nitrogens is 1. The Morgan fingerprint density at radius 2 is 2.12 bits per heavy atom. The number of carbonyl (C=O) groups excluding carboxylic acids is 1. The molecule has 0 spiro atoms. The molecule has 16 heavy (non-hydrogen) atoms. The third kappa shape index (κ3) is 1.04. The standard InChI is InChI=1S/C14H13NO/c1-9-6-7-11-10(2)12-5-3-4-8-15(12)13(11)14(9)16/h3-5,8H,1,6-7H2,2H3. The molecule has 0 fully saturated rings. The molecule has 0 aliphatic heterocycles. The summed E-state index contributed by atoms with van der Waals surface area (Å²) >= 11 is 0. The average molecular weight is 211 g/mol. The Morgan fingerprint density at radius 1 is 1.31 bits per heavy atom. The van der Waals surface area contributed by atoms with Crippen LogP contribution in [-0.4, -0.2) is 10.2 Å². The first kappa shape index (κ1) is 9.40. The van der Waals surface area contributed by atoms with Crippen molar-refractivity contribution < 1.29 is 4.79 Å². The van der Waals surface area contributed by atoms with E-state index >= 15 is 0 Å². The number of hydrogen-bond acceptors (Lipinski definition) is 1. The highest BCUT2D eigenvalue weighted by atomic mass is 16.1. The van der Waals surface area contributed by atoms with Gasteiger partial charge in [-0.2, -0.15) is 0 Å². The summed E-state index contributed by atoms with van der Waals surface area (Å²) in [6.07, 6.45) is 3.69. The molecule has 80 valence electrons. The van der Waals surface area contributed by atoms with Crippen molar-refractivity contribution in [1.82, 2.24) is 4.40 Å². The van der Waals surface area contributed by atoms with Crippen LogP contribution in [0.5, 0.6) is 0 Å². The van der Waals surface area contributed by atoms with Crippen LogP contribution in [0.1, 0.15) is 28.0 Å². The molecule has 2 heterocycles. The highest BCUT2D eigenvalue weighted by Crippen LogP contribution is 2.31. The zero-order chi connectivity index (χ0) is 11.3. The number of Topliss-reactive ketones (excluding diaryl/α,β-unsaturated/α-hetero) is 1. The number of hydrogen-bond donors (Lipinski definition) is 0. The Balaban J connectivity index is 2.45. The van der Waals surface area contributed by atoms with E-state index < -0.39 is 0 Å². The first-order chi connectivity index (χ1) is 7.70. The van der Waals surface area contributed by atoms with Crippen LogP contribution in [-0.2, 0) is 6.42 Å².